The highest BCUT2D eigenvalue weighted by Crippen LogP contribution is 2.10. The molecule has 0 bridgehead atoms. The molecule has 0 aromatic carbocycles. The Morgan fingerprint density at radius 3 is 2.60 bits per heavy atom. The van der Waals surface area contributed by atoms with Crippen molar-refractivity contribution in [3.05, 3.63) is 0 Å². The van der Waals surface area contributed by atoms with E-state index in [-0.39, 0.29) is 0 Å². The van der Waals surface area contributed by atoms with Gasteiger partial charge >= 0.3 is 0 Å². The lowest BCUT2D eigenvalue weighted by Gasteiger charge is -2.33. The van der Waals surface area contributed by atoms with E-state index in [1.165, 1.54) is 19.4 Å². The number of rotatable bonds is 1. The molecular formula is C8H18N2. The summed E-state index contributed by atoms with van der Waals surface area (Å²) in [5, 5.41) is 0. The van der Waals surface area contributed by atoms with Gasteiger partial charge in [0.05, 0.1) is 0 Å². The van der Waals surface area contributed by atoms with Gasteiger partial charge < -0.3 is 5.73 Å². The van der Waals surface area contributed by atoms with Crippen LogP contribution in [0.1, 0.15) is 26.7 Å². The van der Waals surface area contributed by atoms with Crippen LogP contribution < -0.4 is 5.73 Å². The van der Waals surface area contributed by atoms with E-state index in [9.17, 15) is 0 Å². The fourth-order valence-corrected chi connectivity index (χ4v) is 1.51. The van der Waals surface area contributed by atoms with E-state index in [2.05, 4.69) is 18.7 Å². The molecule has 2 heteroatoms. The van der Waals surface area contributed by atoms with Crippen LogP contribution in [0.5, 0.6) is 0 Å². The van der Waals surface area contributed by atoms with Gasteiger partial charge in [-0.3, -0.25) is 4.90 Å². The Kier molecular flexibility index (Phi) is 2.69. The normalized spacial score (nSPS) is 29.4. The van der Waals surface area contributed by atoms with Crippen LogP contribution in [0.15, 0.2) is 0 Å². The summed E-state index contributed by atoms with van der Waals surface area (Å²) in [4.78, 5) is 2.45. The maximum Gasteiger partial charge on any atom is 0.0168 e. The first-order chi connectivity index (χ1) is 4.70. The summed E-state index contributed by atoms with van der Waals surface area (Å²) in [5.41, 5.74) is 5.82. The van der Waals surface area contributed by atoms with Gasteiger partial charge in [0, 0.05) is 18.6 Å². The average Bonchev–Trinajstić information content (AvgIpc) is 1.88. The molecule has 1 saturated heterocycles. The predicted molar refractivity (Wildman–Crippen MR) is 43.9 cm³/mol. The van der Waals surface area contributed by atoms with Crippen LogP contribution in [-0.4, -0.2) is 30.1 Å². The van der Waals surface area contributed by atoms with Gasteiger partial charge in [-0.2, -0.15) is 0 Å². The fraction of sp³-hybridized carbons (Fsp3) is 1.00. The number of hydrogen-bond acceptors (Lipinski definition) is 2. The summed E-state index contributed by atoms with van der Waals surface area (Å²) in [5.74, 6) is 0. The van der Waals surface area contributed by atoms with E-state index in [1.54, 1.807) is 0 Å². The van der Waals surface area contributed by atoms with Crippen LogP contribution >= 0.6 is 0 Å². The standard InChI is InChI=1S/C8H18N2/c1-7(2)10-5-3-4-8(9)6-10/h7-8H,3-6,9H2,1-2H3/t8-/m1/s1. The lowest BCUT2D eigenvalue weighted by Crippen LogP contribution is -2.45. The Bertz CT molecular complexity index is 101. The molecule has 0 unspecified atom stereocenters. The van der Waals surface area contributed by atoms with E-state index in [0.29, 0.717) is 12.1 Å². The Morgan fingerprint density at radius 1 is 1.50 bits per heavy atom. The van der Waals surface area contributed by atoms with Crippen molar-refractivity contribution >= 4 is 0 Å². The van der Waals surface area contributed by atoms with Gasteiger partial charge in [-0.15, -0.1) is 0 Å². The molecule has 0 aliphatic carbocycles. The first-order valence-electron chi connectivity index (χ1n) is 4.20. The van der Waals surface area contributed by atoms with Crippen molar-refractivity contribution in [3.8, 4) is 0 Å². The number of nitrogens with zero attached hydrogens (tertiary/aromatic N) is 1. The second-order valence-corrected chi connectivity index (χ2v) is 3.49. The molecule has 1 aliphatic heterocycles. The molecule has 1 heterocycles. The van der Waals surface area contributed by atoms with Gasteiger partial charge in [-0.25, -0.2) is 0 Å². The van der Waals surface area contributed by atoms with Crippen LogP contribution in [0, 0.1) is 0 Å². The summed E-state index contributed by atoms with van der Waals surface area (Å²) in [6.07, 6.45) is 2.49. The zero-order valence-electron chi connectivity index (χ0n) is 7.01. The molecule has 10 heavy (non-hydrogen) atoms. The van der Waals surface area contributed by atoms with Crippen molar-refractivity contribution < 1.29 is 0 Å². The third-order valence-electron chi connectivity index (χ3n) is 2.22. The lowest BCUT2D eigenvalue weighted by molar-refractivity contribution is 0.169. The van der Waals surface area contributed by atoms with Crippen LogP contribution in [0.4, 0.5) is 0 Å². The fourth-order valence-electron chi connectivity index (χ4n) is 1.51. The minimum absolute atomic E-state index is 0.427. The molecule has 0 spiro atoms. The molecule has 1 aliphatic rings. The van der Waals surface area contributed by atoms with E-state index in [1.807, 2.05) is 0 Å². The molecule has 0 aromatic heterocycles. The van der Waals surface area contributed by atoms with E-state index >= 15 is 0 Å². The van der Waals surface area contributed by atoms with Gasteiger partial charge in [0.15, 0.2) is 0 Å². The van der Waals surface area contributed by atoms with Crippen molar-refractivity contribution in [2.75, 3.05) is 13.1 Å². The zero-order chi connectivity index (χ0) is 7.56. The Hall–Kier alpha value is -0.0800. The maximum atomic E-state index is 5.82. The monoisotopic (exact) mass is 142 g/mol. The second kappa shape index (κ2) is 3.35. The summed E-state index contributed by atoms with van der Waals surface area (Å²) < 4.78 is 0. The molecule has 0 radical (unpaired) electrons. The number of nitrogens with two attached hydrogens (primary N) is 1. The van der Waals surface area contributed by atoms with Crippen LogP contribution in [-0.2, 0) is 0 Å². The molecule has 2 N–H and O–H groups in total. The molecule has 2 nitrogen and oxygen atoms in total. The van der Waals surface area contributed by atoms with E-state index in [0.717, 1.165) is 6.54 Å². The maximum absolute atomic E-state index is 5.82. The van der Waals surface area contributed by atoms with Crippen molar-refractivity contribution in [2.45, 2.75) is 38.8 Å². The number of piperidine rings is 1. The van der Waals surface area contributed by atoms with Crippen molar-refractivity contribution in [2.24, 2.45) is 5.73 Å². The molecule has 0 amide bonds. The largest absolute Gasteiger partial charge is 0.327 e. The van der Waals surface area contributed by atoms with Crippen LogP contribution in [0.25, 0.3) is 0 Å². The molecule has 1 atom stereocenters. The Labute approximate surface area is 63.4 Å². The molecular weight excluding hydrogens is 124 g/mol. The van der Waals surface area contributed by atoms with Crippen LogP contribution in [0.2, 0.25) is 0 Å². The summed E-state index contributed by atoms with van der Waals surface area (Å²) in [6, 6.07) is 1.10. The Balaban J connectivity index is 2.32. The van der Waals surface area contributed by atoms with E-state index in [4.69, 9.17) is 5.73 Å². The molecule has 0 saturated carbocycles. The smallest absolute Gasteiger partial charge is 0.0168 e. The third-order valence-corrected chi connectivity index (χ3v) is 2.22. The summed E-state index contributed by atoms with van der Waals surface area (Å²) in [7, 11) is 0. The highest BCUT2D eigenvalue weighted by Gasteiger charge is 2.17. The first-order valence-corrected chi connectivity index (χ1v) is 4.20. The second-order valence-electron chi connectivity index (χ2n) is 3.49. The molecule has 0 aromatic rings. The average molecular weight is 142 g/mol. The minimum Gasteiger partial charge on any atom is -0.327 e. The topological polar surface area (TPSA) is 29.3 Å². The highest BCUT2D eigenvalue weighted by atomic mass is 15.2. The molecule has 60 valence electrons. The molecule has 1 rings (SSSR count). The lowest BCUT2D eigenvalue weighted by atomic mass is 10.1. The van der Waals surface area contributed by atoms with Gasteiger partial charge in [-0.1, -0.05) is 0 Å². The SMILES string of the molecule is CC(C)N1CCC[C@@H](N)C1. The van der Waals surface area contributed by atoms with Gasteiger partial charge in [-0.05, 0) is 33.2 Å². The molecule has 1 fully saturated rings. The third kappa shape index (κ3) is 1.96. The highest BCUT2D eigenvalue weighted by molar-refractivity contribution is 4.76. The van der Waals surface area contributed by atoms with Gasteiger partial charge in [0.25, 0.3) is 0 Å². The number of hydrogen-bond donors (Lipinski definition) is 1. The van der Waals surface area contributed by atoms with Crippen molar-refractivity contribution in [1.29, 1.82) is 0 Å². The summed E-state index contributed by atoms with van der Waals surface area (Å²) in [6.45, 7) is 6.80. The van der Waals surface area contributed by atoms with Gasteiger partial charge in [0.2, 0.25) is 0 Å². The van der Waals surface area contributed by atoms with Crippen molar-refractivity contribution in [3.63, 3.8) is 0 Å². The number of likely N-dealkylation sites (tertiary alicyclic amines) is 1. The summed E-state index contributed by atoms with van der Waals surface area (Å²) >= 11 is 0. The first kappa shape index (κ1) is 8.02. The quantitative estimate of drug-likeness (QED) is 0.587. The minimum atomic E-state index is 0.427. The van der Waals surface area contributed by atoms with Gasteiger partial charge in [0.1, 0.15) is 0 Å². The van der Waals surface area contributed by atoms with Crippen LogP contribution in [0.3, 0.4) is 0 Å². The predicted octanol–water partition coefficient (Wildman–Crippen LogP) is 0.818. The Morgan fingerprint density at radius 2 is 2.20 bits per heavy atom. The van der Waals surface area contributed by atoms with Crippen molar-refractivity contribution in [1.82, 2.24) is 4.90 Å². The van der Waals surface area contributed by atoms with E-state index < -0.39 is 0 Å². The zero-order valence-corrected chi connectivity index (χ0v) is 7.01.